The van der Waals surface area contributed by atoms with Crippen LogP contribution in [0.15, 0.2) is 33.5 Å². The molecule has 3 aromatic rings. The highest BCUT2D eigenvalue weighted by atomic mass is 35.5. The van der Waals surface area contributed by atoms with Crippen LogP contribution in [0.2, 0.25) is 5.15 Å². The summed E-state index contributed by atoms with van der Waals surface area (Å²) in [5, 5.41) is 12.3. The minimum atomic E-state index is -3.78. The Kier molecular flexibility index (Phi) is 4.90. The first-order valence-electron chi connectivity index (χ1n) is 8.60. The number of carboxylic acid groups (broad SMARTS) is 1. The molecule has 2 aromatic heterocycles. The maximum Gasteiger partial charge on any atom is 0.535 e. The Balaban J connectivity index is 1.65. The molecule has 13 heteroatoms. The van der Waals surface area contributed by atoms with Crippen LogP contribution < -0.4 is 15.2 Å². The zero-order chi connectivity index (χ0) is 22.5. The van der Waals surface area contributed by atoms with Gasteiger partial charge < -0.3 is 19.2 Å². The van der Waals surface area contributed by atoms with E-state index in [0.717, 1.165) is 15.6 Å². The fraction of sp³-hybridized carbons (Fsp3) is 0.222. The standard InChI is InChI=1S/C18H12ClF2N3O7/c1-23(10-3-2-4-11-9(10)7-29-18(20,21)31-11)13(25)6-24-16(26)8-5-12(17(27)28)30-14(8)15(19)22-24/h2-5H,6-7H2,1H3,(H,27,28). The number of likely N-dealkylation sites (N-methyl/N-ethyl adjacent to an activating group) is 1. The monoisotopic (exact) mass is 455 g/mol. The SMILES string of the molecule is CN(C(=O)Cn1nc(Cl)c2oc(C(=O)O)cc2c1=O)c1cccc2c1COC(F)(F)O2. The zero-order valence-electron chi connectivity index (χ0n) is 15.6. The van der Waals surface area contributed by atoms with Crippen LogP contribution in [0.4, 0.5) is 14.5 Å². The van der Waals surface area contributed by atoms with E-state index in [0.29, 0.717) is 0 Å². The number of aromatic carboxylic acids is 1. The predicted molar refractivity (Wildman–Crippen MR) is 100 cm³/mol. The Hall–Kier alpha value is -3.51. The predicted octanol–water partition coefficient (Wildman–Crippen LogP) is 2.46. The second-order valence-corrected chi connectivity index (χ2v) is 6.83. The smallest absolute Gasteiger partial charge is 0.475 e. The van der Waals surface area contributed by atoms with Crippen LogP contribution in [0.25, 0.3) is 11.0 Å². The Bertz CT molecular complexity index is 1290. The van der Waals surface area contributed by atoms with Crippen molar-refractivity contribution in [3.63, 3.8) is 0 Å². The van der Waals surface area contributed by atoms with Gasteiger partial charge in [-0.3, -0.25) is 14.3 Å². The number of nitrogens with zero attached hydrogens (tertiary/aromatic N) is 3. The molecule has 0 unspecified atom stereocenters. The number of hydrogen-bond donors (Lipinski definition) is 1. The summed E-state index contributed by atoms with van der Waals surface area (Å²) < 4.78 is 41.2. The number of anilines is 1. The van der Waals surface area contributed by atoms with Crippen molar-refractivity contribution in [3.8, 4) is 5.75 Å². The molecule has 10 nitrogen and oxygen atoms in total. The highest BCUT2D eigenvalue weighted by molar-refractivity contribution is 6.33. The molecule has 3 heterocycles. The van der Waals surface area contributed by atoms with Gasteiger partial charge in [-0.05, 0) is 12.1 Å². The van der Waals surface area contributed by atoms with Gasteiger partial charge in [0.1, 0.15) is 12.3 Å². The lowest BCUT2D eigenvalue weighted by Crippen LogP contribution is -2.37. The molecule has 0 spiro atoms. The second kappa shape index (κ2) is 7.32. The van der Waals surface area contributed by atoms with Crippen molar-refractivity contribution in [2.45, 2.75) is 19.4 Å². The van der Waals surface area contributed by atoms with Crippen LogP contribution in [0.5, 0.6) is 5.75 Å². The summed E-state index contributed by atoms with van der Waals surface area (Å²) in [5.74, 6) is -2.70. The number of aromatic nitrogens is 2. The number of carbonyl (C=O) groups is 2. The molecule has 0 atom stereocenters. The average molecular weight is 456 g/mol. The number of amides is 1. The van der Waals surface area contributed by atoms with Gasteiger partial charge in [-0.2, -0.15) is 5.10 Å². The van der Waals surface area contributed by atoms with E-state index in [1.807, 2.05) is 0 Å². The van der Waals surface area contributed by atoms with Gasteiger partial charge in [-0.15, -0.1) is 8.78 Å². The van der Waals surface area contributed by atoms with Crippen molar-refractivity contribution in [2.75, 3.05) is 11.9 Å². The summed E-state index contributed by atoms with van der Waals surface area (Å²) in [6, 6.07) is 5.22. The highest BCUT2D eigenvalue weighted by Gasteiger charge is 2.39. The molecule has 4 rings (SSSR count). The van der Waals surface area contributed by atoms with Crippen LogP contribution in [-0.2, 0) is 22.7 Å². The molecule has 0 fully saturated rings. The number of benzene rings is 1. The fourth-order valence-corrected chi connectivity index (χ4v) is 3.27. The van der Waals surface area contributed by atoms with Crippen LogP contribution in [0, 0.1) is 0 Å². The van der Waals surface area contributed by atoms with Crippen LogP contribution >= 0.6 is 11.6 Å². The van der Waals surface area contributed by atoms with E-state index < -0.39 is 42.6 Å². The van der Waals surface area contributed by atoms with Gasteiger partial charge in [0, 0.05) is 18.7 Å². The summed E-state index contributed by atoms with van der Waals surface area (Å²) in [7, 11) is 1.37. The van der Waals surface area contributed by atoms with Gasteiger partial charge in [0.05, 0.1) is 17.7 Å². The van der Waals surface area contributed by atoms with Crippen molar-refractivity contribution in [1.82, 2.24) is 9.78 Å². The van der Waals surface area contributed by atoms with E-state index in [9.17, 15) is 23.2 Å². The lowest BCUT2D eigenvalue weighted by molar-refractivity contribution is -0.367. The first kappa shape index (κ1) is 20.8. The summed E-state index contributed by atoms with van der Waals surface area (Å²) in [4.78, 5) is 37.6. The molecule has 162 valence electrons. The average Bonchev–Trinajstić information content (AvgIpc) is 3.16. The Morgan fingerprint density at radius 2 is 2.13 bits per heavy atom. The topological polar surface area (TPSA) is 124 Å². The third-order valence-electron chi connectivity index (χ3n) is 4.55. The molecule has 0 saturated carbocycles. The van der Waals surface area contributed by atoms with Gasteiger partial charge in [0.2, 0.25) is 11.7 Å². The van der Waals surface area contributed by atoms with Crippen molar-refractivity contribution in [2.24, 2.45) is 0 Å². The van der Waals surface area contributed by atoms with Gasteiger partial charge in [0.25, 0.3) is 5.56 Å². The second-order valence-electron chi connectivity index (χ2n) is 6.47. The highest BCUT2D eigenvalue weighted by Crippen LogP contribution is 2.38. The van der Waals surface area contributed by atoms with E-state index in [-0.39, 0.29) is 33.1 Å². The van der Waals surface area contributed by atoms with E-state index >= 15 is 0 Å². The third kappa shape index (κ3) is 3.70. The number of hydrogen-bond acceptors (Lipinski definition) is 7. The molecule has 1 aromatic carbocycles. The van der Waals surface area contributed by atoms with Crippen LogP contribution in [0.1, 0.15) is 16.1 Å². The van der Waals surface area contributed by atoms with Crippen molar-refractivity contribution in [3.05, 3.63) is 51.1 Å². The van der Waals surface area contributed by atoms with E-state index in [2.05, 4.69) is 14.6 Å². The van der Waals surface area contributed by atoms with Crippen LogP contribution in [0.3, 0.4) is 0 Å². The summed E-state index contributed by atoms with van der Waals surface area (Å²) in [6.45, 7) is -1.07. The molecule has 0 bridgehead atoms. The molecule has 1 aliphatic rings. The van der Waals surface area contributed by atoms with Crippen molar-refractivity contribution >= 4 is 40.1 Å². The lowest BCUT2D eigenvalue weighted by atomic mass is 10.1. The number of halogens is 3. The maximum atomic E-state index is 13.3. The van der Waals surface area contributed by atoms with Crippen molar-refractivity contribution < 1.29 is 37.4 Å². The van der Waals surface area contributed by atoms with Crippen LogP contribution in [-0.4, -0.2) is 40.1 Å². The summed E-state index contributed by atoms with van der Waals surface area (Å²) in [5.41, 5.74) is -0.555. The molecule has 1 amide bonds. The maximum absolute atomic E-state index is 13.3. The number of alkyl halides is 2. The van der Waals surface area contributed by atoms with Gasteiger partial charge in [0.15, 0.2) is 10.7 Å². The minimum absolute atomic E-state index is 0.146. The van der Waals surface area contributed by atoms with Crippen molar-refractivity contribution in [1.29, 1.82) is 0 Å². The minimum Gasteiger partial charge on any atom is -0.475 e. The molecule has 0 aliphatic carbocycles. The zero-order valence-corrected chi connectivity index (χ0v) is 16.4. The number of carbonyl (C=O) groups excluding carboxylic acids is 1. The molecular weight excluding hydrogens is 444 g/mol. The normalized spacial score (nSPS) is 14.7. The van der Waals surface area contributed by atoms with E-state index in [1.165, 1.54) is 25.2 Å². The first-order valence-corrected chi connectivity index (χ1v) is 8.98. The summed E-state index contributed by atoms with van der Waals surface area (Å²) >= 11 is 5.97. The molecule has 1 N–H and O–H groups in total. The number of ether oxygens (including phenoxy) is 2. The molecular formula is C18H12ClF2N3O7. The summed E-state index contributed by atoms with van der Waals surface area (Å²) in [6.07, 6.45) is -3.78. The third-order valence-corrected chi connectivity index (χ3v) is 4.79. The first-order chi connectivity index (χ1) is 14.6. The van der Waals surface area contributed by atoms with Gasteiger partial charge >= 0.3 is 12.3 Å². The number of furan rings is 1. The molecule has 1 aliphatic heterocycles. The quantitative estimate of drug-likeness (QED) is 0.636. The van der Waals surface area contributed by atoms with E-state index in [1.54, 1.807) is 0 Å². The number of rotatable bonds is 4. The van der Waals surface area contributed by atoms with E-state index in [4.69, 9.17) is 21.1 Å². The Morgan fingerprint density at radius 1 is 1.39 bits per heavy atom. The van der Waals surface area contributed by atoms with Gasteiger partial charge in [-0.25, -0.2) is 9.48 Å². The molecule has 31 heavy (non-hydrogen) atoms. The Morgan fingerprint density at radius 3 is 2.84 bits per heavy atom. The fourth-order valence-electron chi connectivity index (χ4n) is 3.04. The van der Waals surface area contributed by atoms with Gasteiger partial charge in [-0.1, -0.05) is 17.7 Å². The largest absolute Gasteiger partial charge is 0.535 e. The number of fused-ring (bicyclic) bond motifs is 2. The number of carboxylic acids is 1. The molecule has 0 saturated heterocycles. The molecule has 0 radical (unpaired) electrons. The lowest BCUT2D eigenvalue weighted by Gasteiger charge is -2.28. The Labute approximate surface area is 176 Å².